The Morgan fingerprint density at radius 2 is 1.83 bits per heavy atom. The summed E-state index contributed by atoms with van der Waals surface area (Å²) in [7, 11) is 0. The summed E-state index contributed by atoms with van der Waals surface area (Å²) in [6.07, 6.45) is 8.29. The number of hydrogen-bond donors (Lipinski definition) is 1. The van der Waals surface area contributed by atoms with Gasteiger partial charge in [-0.2, -0.15) is 0 Å². The van der Waals surface area contributed by atoms with Gasteiger partial charge in [-0.1, -0.05) is 6.07 Å². The quantitative estimate of drug-likeness (QED) is 0.506. The second kappa shape index (κ2) is 7.25. The molecule has 2 aliphatic rings. The number of thiophene rings is 1. The lowest BCUT2D eigenvalue weighted by Crippen LogP contribution is -2.05. The molecule has 0 bridgehead atoms. The average molecular weight is 417 g/mol. The SMILES string of the molecule is c1cc(-c2nc(NCc3ccc4c(c3)OCO4)c3c4c(sc3n2)CCCC4)ccn1. The van der Waals surface area contributed by atoms with E-state index in [1.54, 1.807) is 12.4 Å². The maximum Gasteiger partial charge on any atom is 0.231 e. The molecule has 30 heavy (non-hydrogen) atoms. The highest BCUT2D eigenvalue weighted by Gasteiger charge is 2.22. The van der Waals surface area contributed by atoms with Crippen molar-refractivity contribution in [2.75, 3.05) is 12.1 Å². The Balaban J connectivity index is 1.41. The average Bonchev–Trinajstić information content (AvgIpc) is 3.41. The summed E-state index contributed by atoms with van der Waals surface area (Å²) >= 11 is 1.82. The van der Waals surface area contributed by atoms with Crippen LogP contribution in [0.4, 0.5) is 5.82 Å². The number of hydrogen-bond acceptors (Lipinski definition) is 7. The molecule has 0 spiro atoms. The number of nitrogens with zero attached hydrogens (tertiary/aromatic N) is 3. The van der Waals surface area contributed by atoms with Gasteiger partial charge in [-0.05, 0) is 61.1 Å². The molecule has 1 aromatic carbocycles. The van der Waals surface area contributed by atoms with Gasteiger partial charge in [0.2, 0.25) is 6.79 Å². The predicted molar refractivity (Wildman–Crippen MR) is 117 cm³/mol. The fraction of sp³-hybridized carbons (Fsp3) is 0.261. The number of aryl methyl sites for hydroxylation is 2. The Kier molecular flexibility index (Phi) is 4.27. The first-order valence-corrected chi connectivity index (χ1v) is 11.0. The molecule has 6 nitrogen and oxygen atoms in total. The molecule has 1 aliphatic carbocycles. The molecule has 150 valence electrons. The molecule has 4 heterocycles. The van der Waals surface area contributed by atoms with Crippen molar-refractivity contribution in [2.24, 2.45) is 0 Å². The number of anilines is 1. The first kappa shape index (κ1) is 17.7. The smallest absolute Gasteiger partial charge is 0.231 e. The summed E-state index contributed by atoms with van der Waals surface area (Å²) in [5.74, 6) is 3.24. The molecule has 0 saturated heterocycles. The summed E-state index contributed by atoms with van der Waals surface area (Å²) in [5.41, 5.74) is 3.53. The fourth-order valence-corrected chi connectivity index (χ4v) is 5.41. The van der Waals surface area contributed by atoms with Gasteiger partial charge in [-0.25, -0.2) is 9.97 Å². The lowest BCUT2D eigenvalue weighted by atomic mass is 9.97. The van der Waals surface area contributed by atoms with E-state index in [2.05, 4.69) is 16.4 Å². The molecule has 7 heteroatoms. The van der Waals surface area contributed by atoms with Crippen LogP contribution in [0.1, 0.15) is 28.8 Å². The van der Waals surface area contributed by atoms with Crippen LogP contribution in [0.15, 0.2) is 42.7 Å². The van der Waals surface area contributed by atoms with Crippen LogP contribution < -0.4 is 14.8 Å². The molecule has 6 rings (SSSR count). The van der Waals surface area contributed by atoms with Crippen molar-refractivity contribution >= 4 is 27.4 Å². The van der Waals surface area contributed by atoms with Crippen LogP contribution in [0.5, 0.6) is 11.5 Å². The molecule has 0 saturated carbocycles. The number of aromatic nitrogens is 3. The zero-order valence-corrected chi connectivity index (χ0v) is 17.2. The van der Waals surface area contributed by atoms with Crippen LogP contribution in [-0.2, 0) is 19.4 Å². The van der Waals surface area contributed by atoms with Crippen molar-refractivity contribution in [3.05, 3.63) is 58.7 Å². The van der Waals surface area contributed by atoms with E-state index in [0.29, 0.717) is 6.54 Å². The maximum atomic E-state index is 5.52. The van der Waals surface area contributed by atoms with Crippen LogP contribution in [0, 0.1) is 0 Å². The number of nitrogens with one attached hydrogen (secondary N) is 1. The molecule has 0 unspecified atom stereocenters. The Hall–Kier alpha value is -3.19. The van der Waals surface area contributed by atoms with Crippen LogP contribution in [0.2, 0.25) is 0 Å². The van der Waals surface area contributed by atoms with E-state index in [1.807, 2.05) is 35.6 Å². The van der Waals surface area contributed by atoms with E-state index in [-0.39, 0.29) is 6.79 Å². The molecule has 0 radical (unpaired) electrons. The minimum Gasteiger partial charge on any atom is -0.454 e. The third-order valence-corrected chi connectivity index (χ3v) is 6.84. The molecule has 0 fully saturated rings. The number of pyridine rings is 1. The highest BCUT2D eigenvalue weighted by molar-refractivity contribution is 7.19. The highest BCUT2D eigenvalue weighted by Crippen LogP contribution is 2.40. The van der Waals surface area contributed by atoms with Gasteiger partial charge in [0, 0.05) is 29.4 Å². The van der Waals surface area contributed by atoms with Gasteiger partial charge in [-0.15, -0.1) is 11.3 Å². The zero-order valence-electron chi connectivity index (χ0n) is 16.4. The van der Waals surface area contributed by atoms with Crippen LogP contribution in [0.3, 0.4) is 0 Å². The normalized spacial score (nSPS) is 14.7. The third kappa shape index (κ3) is 3.06. The minimum atomic E-state index is 0.287. The van der Waals surface area contributed by atoms with Crippen molar-refractivity contribution < 1.29 is 9.47 Å². The summed E-state index contributed by atoms with van der Waals surface area (Å²) in [4.78, 5) is 16.5. The van der Waals surface area contributed by atoms with Crippen LogP contribution >= 0.6 is 11.3 Å². The number of benzene rings is 1. The summed E-state index contributed by atoms with van der Waals surface area (Å²) < 4.78 is 10.9. The van der Waals surface area contributed by atoms with Crippen LogP contribution in [0.25, 0.3) is 21.6 Å². The van der Waals surface area contributed by atoms with E-state index in [0.717, 1.165) is 51.9 Å². The maximum absolute atomic E-state index is 5.52. The van der Waals surface area contributed by atoms with Crippen molar-refractivity contribution in [3.63, 3.8) is 0 Å². The van der Waals surface area contributed by atoms with Crippen molar-refractivity contribution in [2.45, 2.75) is 32.2 Å². The number of ether oxygens (including phenoxy) is 2. The van der Waals surface area contributed by atoms with E-state index in [4.69, 9.17) is 19.4 Å². The summed E-state index contributed by atoms with van der Waals surface area (Å²) in [6, 6.07) is 9.96. The van der Waals surface area contributed by atoms with Gasteiger partial charge in [0.25, 0.3) is 0 Å². The number of fused-ring (bicyclic) bond motifs is 4. The van der Waals surface area contributed by atoms with Gasteiger partial charge in [-0.3, -0.25) is 4.98 Å². The monoisotopic (exact) mass is 416 g/mol. The third-order valence-electron chi connectivity index (χ3n) is 5.65. The van der Waals surface area contributed by atoms with Crippen molar-refractivity contribution in [3.8, 4) is 22.9 Å². The van der Waals surface area contributed by atoms with E-state index in [9.17, 15) is 0 Å². The molecular formula is C23H20N4O2S. The van der Waals surface area contributed by atoms with E-state index >= 15 is 0 Å². The Bertz CT molecular complexity index is 1240. The summed E-state index contributed by atoms with van der Waals surface area (Å²) in [6.45, 7) is 0.943. The summed E-state index contributed by atoms with van der Waals surface area (Å²) in [5, 5.41) is 4.77. The van der Waals surface area contributed by atoms with Gasteiger partial charge >= 0.3 is 0 Å². The number of rotatable bonds is 4. The zero-order chi connectivity index (χ0) is 19.9. The Morgan fingerprint density at radius 3 is 2.77 bits per heavy atom. The predicted octanol–water partition coefficient (Wildman–Crippen LogP) is 4.97. The Morgan fingerprint density at radius 1 is 0.967 bits per heavy atom. The van der Waals surface area contributed by atoms with Crippen LogP contribution in [-0.4, -0.2) is 21.7 Å². The molecule has 1 N–H and O–H groups in total. The minimum absolute atomic E-state index is 0.287. The lowest BCUT2D eigenvalue weighted by Gasteiger charge is -2.13. The molecule has 0 atom stereocenters. The van der Waals surface area contributed by atoms with Gasteiger partial charge in [0.15, 0.2) is 17.3 Å². The molecule has 3 aromatic heterocycles. The standard InChI is InChI=1S/C23H20N4O2S/c1-2-4-19-16(3-1)20-22(25-12-14-5-6-17-18(11-14)29-13-28-17)26-21(27-23(20)30-19)15-7-9-24-10-8-15/h5-11H,1-4,12-13H2,(H,25,26,27). The molecular weight excluding hydrogens is 396 g/mol. The van der Waals surface area contributed by atoms with Gasteiger partial charge < -0.3 is 14.8 Å². The van der Waals surface area contributed by atoms with Gasteiger partial charge in [0.1, 0.15) is 10.6 Å². The fourth-order valence-electron chi connectivity index (χ4n) is 4.15. The molecule has 4 aromatic rings. The lowest BCUT2D eigenvalue weighted by molar-refractivity contribution is 0.174. The first-order chi connectivity index (χ1) is 14.8. The Labute approximate surface area is 177 Å². The molecule has 0 amide bonds. The van der Waals surface area contributed by atoms with Gasteiger partial charge in [0.05, 0.1) is 5.39 Å². The van der Waals surface area contributed by atoms with Crippen molar-refractivity contribution in [1.29, 1.82) is 0 Å². The second-order valence-corrected chi connectivity index (χ2v) is 8.65. The second-order valence-electron chi connectivity index (χ2n) is 7.56. The highest BCUT2D eigenvalue weighted by atomic mass is 32.1. The first-order valence-electron chi connectivity index (χ1n) is 10.2. The van der Waals surface area contributed by atoms with Crippen molar-refractivity contribution in [1.82, 2.24) is 15.0 Å². The topological polar surface area (TPSA) is 69.2 Å². The largest absolute Gasteiger partial charge is 0.454 e. The molecule has 1 aliphatic heterocycles. The van der Waals surface area contributed by atoms with E-state index in [1.165, 1.54) is 28.7 Å². The van der Waals surface area contributed by atoms with E-state index < -0.39 is 0 Å².